The molecule has 0 aliphatic carbocycles. The first-order chi connectivity index (χ1) is 12.1. The van der Waals surface area contributed by atoms with Gasteiger partial charge < -0.3 is 20.5 Å². The van der Waals surface area contributed by atoms with E-state index in [4.69, 9.17) is 10.5 Å². The molecule has 0 spiro atoms. The molecule has 0 radical (unpaired) electrons. The molecule has 3 N–H and O–H groups in total. The van der Waals surface area contributed by atoms with Crippen molar-refractivity contribution in [3.63, 3.8) is 0 Å². The van der Waals surface area contributed by atoms with Crippen molar-refractivity contribution in [2.24, 2.45) is 11.1 Å². The molecular weight excluding hydrogens is 336 g/mol. The van der Waals surface area contributed by atoms with Gasteiger partial charge in [-0.3, -0.25) is 14.4 Å². The summed E-state index contributed by atoms with van der Waals surface area (Å²) in [6.07, 6.45) is 5.43. The molecule has 0 saturated carbocycles. The van der Waals surface area contributed by atoms with E-state index < -0.39 is 35.3 Å². The lowest BCUT2D eigenvalue weighted by Gasteiger charge is -2.33. The van der Waals surface area contributed by atoms with Crippen LogP contribution in [-0.4, -0.2) is 44.1 Å². The molecule has 1 amide bonds. The number of methoxy groups -OCH3 is 2. The first kappa shape index (κ1) is 23.6. The van der Waals surface area contributed by atoms with Crippen LogP contribution in [0.5, 0.6) is 0 Å². The fourth-order valence-electron chi connectivity index (χ4n) is 2.38. The number of esters is 2. The van der Waals surface area contributed by atoms with E-state index in [1.807, 2.05) is 0 Å². The third kappa shape index (κ3) is 7.23. The maximum Gasteiger partial charge on any atom is 0.313 e. The van der Waals surface area contributed by atoms with Crippen LogP contribution in [0.25, 0.3) is 0 Å². The Bertz CT molecular complexity index is 566. The number of hydrogen-bond donors (Lipinski definition) is 2. The van der Waals surface area contributed by atoms with E-state index in [9.17, 15) is 14.4 Å². The van der Waals surface area contributed by atoms with E-state index in [0.29, 0.717) is 0 Å². The van der Waals surface area contributed by atoms with Crippen LogP contribution in [0.3, 0.4) is 0 Å². The Balaban J connectivity index is 5.26. The minimum atomic E-state index is -1.05. The average Bonchev–Trinajstić information content (AvgIpc) is 2.62. The summed E-state index contributed by atoms with van der Waals surface area (Å²) in [6, 6.07) is -1.49. The summed E-state index contributed by atoms with van der Waals surface area (Å²) >= 11 is 0. The maximum atomic E-state index is 12.5. The van der Waals surface area contributed by atoms with Crippen molar-refractivity contribution < 1.29 is 23.9 Å². The van der Waals surface area contributed by atoms with E-state index in [0.717, 1.165) is 5.57 Å². The molecule has 0 fully saturated rings. The van der Waals surface area contributed by atoms with E-state index in [2.05, 4.69) is 23.2 Å². The number of hydrogen-bond acceptors (Lipinski definition) is 6. The fraction of sp³-hybridized carbons (Fsp3) is 0.526. The molecule has 0 aliphatic rings. The molecule has 7 heteroatoms. The number of amides is 1. The van der Waals surface area contributed by atoms with Crippen LogP contribution < -0.4 is 11.1 Å². The maximum absolute atomic E-state index is 12.5. The van der Waals surface area contributed by atoms with Gasteiger partial charge in [-0.25, -0.2) is 0 Å². The van der Waals surface area contributed by atoms with Gasteiger partial charge in [0.1, 0.15) is 0 Å². The summed E-state index contributed by atoms with van der Waals surface area (Å²) in [6.45, 7) is 10.5. The van der Waals surface area contributed by atoms with Crippen molar-refractivity contribution in [2.75, 3.05) is 14.2 Å². The zero-order chi connectivity index (χ0) is 20.3. The third-order valence-electron chi connectivity index (χ3n) is 4.15. The molecule has 0 aromatic heterocycles. The van der Waals surface area contributed by atoms with Gasteiger partial charge in [-0.15, -0.1) is 0 Å². The number of carbonyl (C=O) groups excluding carboxylic acids is 3. The molecular formula is C19H30N2O5. The predicted molar refractivity (Wildman–Crippen MR) is 100 cm³/mol. The van der Waals surface area contributed by atoms with Crippen molar-refractivity contribution in [3.05, 3.63) is 37.0 Å². The van der Waals surface area contributed by atoms with E-state index in [1.165, 1.54) is 14.2 Å². The van der Waals surface area contributed by atoms with Crippen molar-refractivity contribution in [2.45, 2.75) is 45.2 Å². The van der Waals surface area contributed by atoms with Gasteiger partial charge in [0.05, 0.1) is 25.7 Å². The Morgan fingerprint density at radius 1 is 1.19 bits per heavy atom. The van der Waals surface area contributed by atoms with Crippen molar-refractivity contribution in [3.8, 4) is 0 Å². The molecule has 0 aromatic rings. The van der Waals surface area contributed by atoms with Gasteiger partial charge in [0.25, 0.3) is 0 Å². The molecule has 0 saturated heterocycles. The number of nitrogens with one attached hydrogen (secondary N) is 1. The molecule has 0 bridgehead atoms. The molecule has 0 heterocycles. The Morgan fingerprint density at radius 3 is 2.27 bits per heavy atom. The normalized spacial score (nSPS) is 14.0. The Kier molecular flexibility index (Phi) is 10.2. The van der Waals surface area contributed by atoms with E-state index in [1.54, 1.807) is 32.1 Å². The molecule has 2 atom stereocenters. The van der Waals surface area contributed by atoms with Crippen LogP contribution >= 0.6 is 0 Å². The van der Waals surface area contributed by atoms with Gasteiger partial charge in [-0.05, 0) is 32.3 Å². The lowest BCUT2D eigenvalue weighted by Crippen LogP contribution is -2.53. The summed E-state index contributed by atoms with van der Waals surface area (Å²) in [5, 5.41) is 2.76. The zero-order valence-electron chi connectivity index (χ0n) is 16.0. The van der Waals surface area contributed by atoms with Crippen LogP contribution in [-0.2, 0) is 23.9 Å². The standard InChI is InChI=1S/C19H30N2O5/c1-7-9-13(8-2)12-14(20)17(23)21-15(10-11-16(22)25-5)19(3,4)18(24)26-6/h7-9,14-15H,1-2,10-12,20H2,3-6H3,(H,21,23). The van der Waals surface area contributed by atoms with Gasteiger partial charge in [-0.1, -0.05) is 31.4 Å². The number of allylic oxidation sites excluding steroid dienone is 3. The smallest absolute Gasteiger partial charge is 0.313 e. The van der Waals surface area contributed by atoms with Crippen molar-refractivity contribution in [1.82, 2.24) is 5.32 Å². The predicted octanol–water partition coefficient (Wildman–Crippen LogP) is 1.64. The number of rotatable bonds is 11. The molecule has 0 aromatic carbocycles. The quantitative estimate of drug-likeness (QED) is 0.425. The Labute approximate surface area is 155 Å². The first-order valence-electron chi connectivity index (χ1n) is 8.29. The van der Waals surface area contributed by atoms with Gasteiger partial charge in [0, 0.05) is 12.5 Å². The summed E-state index contributed by atoms with van der Waals surface area (Å²) in [7, 11) is 2.55. The lowest BCUT2D eigenvalue weighted by atomic mass is 9.81. The summed E-state index contributed by atoms with van der Waals surface area (Å²) in [4.78, 5) is 36.0. The highest BCUT2D eigenvalue weighted by Gasteiger charge is 2.39. The highest BCUT2D eigenvalue weighted by molar-refractivity contribution is 5.84. The second kappa shape index (κ2) is 11.3. The Morgan fingerprint density at radius 2 is 1.81 bits per heavy atom. The summed E-state index contributed by atoms with van der Waals surface area (Å²) < 4.78 is 9.44. The fourth-order valence-corrected chi connectivity index (χ4v) is 2.38. The van der Waals surface area contributed by atoms with Gasteiger partial charge in [-0.2, -0.15) is 0 Å². The second-order valence-electron chi connectivity index (χ2n) is 6.38. The van der Waals surface area contributed by atoms with Crippen molar-refractivity contribution >= 4 is 17.8 Å². The minimum Gasteiger partial charge on any atom is -0.469 e. The SMILES string of the molecule is C=CC=C(C=C)CC(N)C(=O)NC(CCC(=O)OC)C(C)(C)C(=O)OC. The van der Waals surface area contributed by atoms with Gasteiger partial charge >= 0.3 is 11.9 Å². The highest BCUT2D eigenvalue weighted by Crippen LogP contribution is 2.26. The average molecular weight is 366 g/mol. The molecule has 0 aliphatic heterocycles. The summed E-state index contributed by atoms with van der Waals surface area (Å²) in [5.74, 6) is -1.37. The van der Waals surface area contributed by atoms with Crippen LogP contribution in [0.1, 0.15) is 33.1 Å². The van der Waals surface area contributed by atoms with Crippen molar-refractivity contribution in [1.29, 1.82) is 0 Å². The lowest BCUT2D eigenvalue weighted by molar-refractivity contribution is -0.154. The van der Waals surface area contributed by atoms with Crippen LogP contribution in [0, 0.1) is 5.41 Å². The molecule has 26 heavy (non-hydrogen) atoms. The molecule has 2 unspecified atom stereocenters. The topological polar surface area (TPSA) is 108 Å². The van der Waals surface area contributed by atoms with E-state index in [-0.39, 0.29) is 19.3 Å². The van der Waals surface area contributed by atoms with Crippen LogP contribution in [0.4, 0.5) is 0 Å². The third-order valence-corrected chi connectivity index (χ3v) is 4.15. The Hall–Kier alpha value is -2.41. The minimum absolute atomic E-state index is 0.0470. The highest BCUT2D eigenvalue weighted by atomic mass is 16.5. The summed E-state index contributed by atoms with van der Waals surface area (Å²) in [5.41, 5.74) is 5.68. The van der Waals surface area contributed by atoms with Gasteiger partial charge in [0.15, 0.2) is 0 Å². The van der Waals surface area contributed by atoms with E-state index >= 15 is 0 Å². The van der Waals surface area contributed by atoms with Crippen LogP contribution in [0.2, 0.25) is 0 Å². The van der Waals surface area contributed by atoms with Gasteiger partial charge in [0.2, 0.25) is 5.91 Å². The zero-order valence-corrected chi connectivity index (χ0v) is 16.0. The molecule has 0 rings (SSSR count). The molecule has 146 valence electrons. The number of nitrogens with two attached hydrogens (primary N) is 1. The van der Waals surface area contributed by atoms with Crippen LogP contribution in [0.15, 0.2) is 37.0 Å². The largest absolute Gasteiger partial charge is 0.469 e. The number of carbonyl (C=O) groups is 3. The molecule has 7 nitrogen and oxygen atoms in total. The first-order valence-corrected chi connectivity index (χ1v) is 8.29. The second-order valence-corrected chi connectivity index (χ2v) is 6.38. The monoisotopic (exact) mass is 366 g/mol. The number of ether oxygens (including phenoxy) is 2.